The Balaban J connectivity index is 1.93. The molecule has 1 saturated heterocycles. The Hall–Kier alpha value is -1.81. The van der Waals surface area contributed by atoms with Gasteiger partial charge >= 0.3 is 0 Å². The highest BCUT2D eigenvalue weighted by molar-refractivity contribution is 6.35. The van der Waals surface area contributed by atoms with Crippen molar-refractivity contribution in [2.24, 2.45) is 0 Å². The molecule has 1 fully saturated rings. The summed E-state index contributed by atoms with van der Waals surface area (Å²) in [5.41, 5.74) is 11.1. The fourth-order valence-corrected chi connectivity index (χ4v) is 4.17. The summed E-state index contributed by atoms with van der Waals surface area (Å²) >= 11 is 12.4. The smallest absolute Gasteiger partial charge is 0.0784 e. The van der Waals surface area contributed by atoms with Crippen LogP contribution in [0.25, 0.3) is 22.0 Å². The maximum Gasteiger partial charge on any atom is 0.0784 e. The lowest BCUT2D eigenvalue weighted by Gasteiger charge is -2.25. The first-order valence-electron chi connectivity index (χ1n) is 8.35. The molecule has 0 aliphatic carbocycles. The van der Waals surface area contributed by atoms with Crippen molar-refractivity contribution in [1.82, 2.24) is 4.98 Å². The summed E-state index contributed by atoms with van der Waals surface area (Å²) in [7, 11) is 0. The topological polar surface area (TPSA) is 48.1 Å². The van der Waals surface area contributed by atoms with Crippen molar-refractivity contribution in [2.75, 3.05) is 18.9 Å². The molecule has 0 unspecified atom stereocenters. The van der Waals surface area contributed by atoms with Gasteiger partial charge in [0.1, 0.15) is 0 Å². The molecule has 0 radical (unpaired) electrons. The first-order valence-corrected chi connectivity index (χ1v) is 9.10. The van der Waals surface area contributed by atoms with Gasteiger partial charge in [-0.2, -0.15) is 0 Å². The molecule has 0 amide bonds. The number of hydrogen-bond acceptors (Lipinski definition) is 3. The number of nitrogens with two attached hydrogens (primary N) is 1. The normalized spacial score (nSPS) is 15.6. The molecule has 0 spiro atoms. The van der Waals surface area contributed by atoms with E-state index in [9.17, 15) is 0 Å². The highest BCUT2D eigenvalue weighted by Gasteiger charge is 2.22. The molecular weight excluding hydrogens is 355 g/mol. The van der Waals surface area contributed by atoms with Crippen molar-refractivity contribution in [3.63, 3.8) is 0 Å². The molecule has 0 saturated carbocycles. The first kappa shape index (κ1) is 16.6. The van der Waals surface area contributed by atoms with Gasteiger partial charge in [-0.3, -0.25) is 4.98 Å². The summed E-state index contributed by atoms with van der Waals surface area (Å²) < 4.78 is 5.51. The minimum absolute atomic E-state index is 0.400. The average Bonchev–Trinajstić information content (AvgIpc) is 2.61. The second-order valence-electron chi connectivity index (χ2n) is 6.37. The number of aromatic nitrogens is 1. The van der Waals surface area contributed by atoms with Crippen molar-refractivity contribution in [3.05, 3.63) is 58.2 Å². The number of rotatable bonds is 2. The van der Waals surface area contributed by atoms with E-state index in [1.165, 1.54) is 5.56 Å². The molecule has 3 nitrogen and oxygen atoms in total. The van der Waals surface area contributed by atoms with Crippen molar-refractivity contribution in [2.45, 2.75) is 18.8 Å². The van der Waals surface area contributed by atoms with Gasteiger partial charge < -0.3 is 10.5 Å². The molecule has 1 aliphatic heterocycles. The largest absolute Gasteiger partial charge is 0.397 e. The van der Waals surface area contributed by atoms with Crippen LogP contribution in [0.4, 0.5) is 5.69 Å². The molecule has 2 heterocycles. The number of para-hydroxylation sites is 1. The molecule has 0 atom stereocenters. The average molecular weight is 373 g/mol. The molecule has 2 aromatic carbocycles. The van der Waals surface area contributed by atoms with Gasteiger partial charge in [-0.05, 0) is 48.1 Å². The van der Waals surface area contributed by atoms with E-state index in [4.69, 9.17) is 33.7 Å². The lowest BCUT2D eigenvalue weighted by Crippen LogP contribution is -2.16. The van der Waals surface area contributed by atoms with Gasteiger partial charge in [-0.1, -0.05) is 41.4 Å². The van der Waals surface area contributed by atoms with Crippen LogP contribution in [0.15, 0.2) is 42.6 Å². The number of halogens is 2. The second kappa shape index (κ2) is 6.83. The maximum absolute atomic E-state index is 6.31. The molecule has 128 valence electrons. The van der Waals surface area contributed by atoms with Crippen LogP contribution >= 0.6 is 23.2 Å². The van der Waals surface area contributed by atoms with Crippen LogP contribution < -0.4 is 5.73 Å². The highest BCUT2D eigenvalue weighted by Crippen LogP contribution is 2.39. The van der Waals surface area contributed by atoms with Gasteiger partial charge in [0, 0.05) is 34.2 Å². The highest BCUT2D eigenvalue weighted by atomic mass is 35.5. The number of benzene rings is 2. The summed E-state index contributed by atoms with van der Waals surface area (Å²) in [6.45, 7) is 1.55. The van der Waals surface area contributed by atoms with E-state index in [-0.39, 0.29) is 0 Å². The standard InChI is InChI=1S/C20H18Cl2N2O/c21-14-8-13(9-15(22)10-14)16-2-1-3-17-19(12-4-6-25-7-5-12)18(23)11-24-20(16)17/h1-3,8-12H,4-7,23H2. The Morgan fingerprint density at radius 2 is 1.76 bits per heavy atom. The van der Waals surface area contributed by atoms with Crippen LogP contribution in [-0.4, -0.2) is 18.2 Å². The van der Waals surface area contributed by atoms with Gasteiger partial charge in [0.15, 0.2) is 0 Å². The molecule has 2 N–H and O–H groups in total. The quantitative estimate of drug-likeness (QED) is 0.628. The summed E-state index contributed by atoms with van der Waals surface area (Å²) in [5, 5.41) is 2.32. The van der Waals surface area contributed by atoms with Gasteiger partial charge in [0.25, 0.3) is 0 Å². The SMILES string of the molecule is Nc1cnc2c(-c3cc(Cl)cc(Cl)c3)cccc2c1C1CCOCC1. The zero-order chi connectivity index (χ0) is 17.4. The maximum atomic E-state index is 6.31. The molecule has 3 aromatic rings. The van der Waals surface area contributed by atoms with Crippen LogP contribution in [0.3, 0.4) is 0 Å². The van der Waals surface area contributed by atoms with E-state index in [1.807, 2.05) is 24.3 Å². The molecule has 5 heteroatoms. The molecule has 1 aliphatic rings. The fraction of sp³-hybridized carbons (Fsp3) is 0.250. The zero-order valence-electron chi connectivity index (χ0n) is 13.6. The number of nitrogens with zero attached hydrogens (tertiary/aromatic N) is 1. The van der Waals surface area contributed by atoms with Crippen LogP contribution in [0.2, 0.25) is 10.0 Å². The van der Waals surface area contributed by atoms with E-state index in [2.05, 4.69) is 11.1 Å². The number of hydrogen-bond donors (Lipinski definition) is 1. The van der Waals surface area contributed by atoms with Crippen molar-refractivity contribution >= 4 is 39.8 Å². The van der Waals surface area contributed by atoms with E-state index < -0.39 is 0 Å². The molecule has 1 aromatic heterocycles. The van der Waals surface area contributed by atoms with Gasteiger partial charge in [0.2, 0.25) is 0 Å². The molecule has 25 heavy (non-hydrogen) atoms. The summed E-state index contributed by atoms with van der Waals surface area (Å²) in [4.78, 5) is 4.63. The van der Waals surface area contributed by atoms with Gasteiger partial charge in [-0.25, -0.2) is 0 Å². The van der Waals surface area contributed by atoms with Gasteiger partial charge in [-0.15, -0.1) is 0 Å². The van der Waals surface area contributed by atoms with E-state index in [1.54, 1.807) is 12.3 Å². The van der Waals surface area contributed by atoms with Crippen molar-refractivity contribution in [1.29, 1.82) is 0 Å². The van der Waals surface area contributed by atoms with Crippen LogP contribution in [0, 0.1) is 0 Å². The van der Waals surface area contributed by atoms with E-state index >= 15 is 0 Å². The first-order chi connectivity index (χ1) is 12.1. The minimum Gasteiger partial charge on any atom is -0.397 e. The summed E-state index contributed by atoms with van der Waals surface area (Å²) in [6.07, 6.45) is 3.73. The van der Waals surface area contributed by atoms with E-state index in [0.29, 0.717) is 16.0 Å². The number of nitrogen functional groups attached to an aromatic ring is 1. The van der Waals surface area contributed by atoms with Crippen LogP contribution in [-0.2, 0) is 4.74 Å². The van der Waals surface area contributed by atoms with Crippen LogP contribution in [0.5, 0.6) is 0 Å². The molecule has 4 rings (SSSR count). The van der Waals surface area contributed by atoms with Crippen molar-refractivity contribution in [3.8, 4) is 11.1 Å². The number of anilines is 1. The zero-order valence-corrected chi connectivity index (χ0v) is 15.1. The third kappa shape index (κ3) is 3.20. The number of fused-ring (bicyclic) bond motifs is 1. The predicted molar refractivity (Wildman–Crippen MR) is 104 cm³/mol. The Morgan fingerprint density at radius 3 is 2.48 bits per heavy atom. The van der Waals surface area contributed by atoms with Gasteiger partial charge in [0.05, 0.1) is 17.4 Å². The monoisotopic (exact) mass is 372 g/mol. The Labute approximate surface area is 156 Å². The minimum atomic E-state index is 0.400. The fourth-order valence-electron chi connectivity index (χ4n) is 3.64. The number of ether oxygens (including phenoxy) is 1. The lowest BCUT2D eigenvalue weighted by molar-refractivity contribution is 0.0857. The third-order valence-electron chi connectivity index (χ3n) is 4.77. The third-order valence-corrected chi connectivity index (χ3v) is 5.21. The van der Waals surface area contributed by atoms with E-state index in [0.717, 1.165) is 53.8 Å². The predicted octanol–water partition coefficient (Wildman–Crippen LogP) is 5.68. The van der Waals surface area contributed by atoms with Crippen molar-refractivity contribution < 1.29 is 4.74 Å². The van der Waals surface area contributed by atoms with Crippen LogP contribution in [0.1, 0.15) is 24.3 Å². The Morgan fingerprint density at radius 1 is 1.04 bits per heavy atom. The lowest BCUT2D eigenvalue weighted by atomic mass is 9.87. The molecular formula is C20H18Cl2N2O. The summed E-state index contributed by atoms with van der Waals surface area (Å²) in [5.74, 6) is 0.400. The molecule has 0 bridgehead atoms. The number of pyridine rings is 1. The Bertz CT molecular complexity index is 916. The summed E-state index contributed by atoms with van der Waals surface area (Å²) in [6, 6.07) is 11.7. The Kier molecular flexibility index (Phi) is 4.55. The second-order valence-corrected chi connectivity index (χ2v) is 7.25.